The minimum Gasteiger partial charge on any atom is -0.481 e. The summed E-state index contributed by atoms with van der Waals surface area (Å²) in [5.41, 5.74) is 3.10. The fourth-order valence-electron chi connectivity index (χ4n) is 2.95. The number of aryl methyl sites for hydroxylation is 2. The van der Waals surface area contributed by atoms with E-state index < -0.39 is 16.0 Å². The van der Waals surface area contributed by atoms with E-state index in [1.807, 2.05) is 13.0 Å². The lowest BCUT2D eigenvalue weighted by Gasteiger charge is -2.11. The van der Waals surface area contributed by atoms with Crippen molar-refractivity contribution in [1.29, 1.82) is 0 Å². The van der Waals surface area contributed by atoms with Gasteiger partial charge in [-0.05, 0) is 55.5 Å². The van der Waals surface area contributed by atoms with Gasteiger partial charge in [-0.25, -0.2) is 8.42 Å². The van der Waals surface area contributed by atoms with Gasteiger partial charge in [0.05, 0.1) is 10.8 Å². The van der Waals surface area contributed by atoms with E-state index >= 15 is 0 Å². The topological polar surface area (TPSA) is 83.5 Å². The van der Waals surface area contributed by atoms with Crippen LogP contribution in [0.15, 0.2) is 47.4 Å². The summed E-state index contributed by atoms with van der Waals surface area (Å²) < 4.78 is 27.6. The first-order valence-corrected chi connectivity index (χ1v) is 9.19. The van der Waals surface area contributed by atoms with Crippen molar-refractivity contribution >= 4 is 21.7 Å². The molecule has 6 heteroatoms. The van der Waals surface area contributed by atoms with Crippen LogP contribution in [0, 0.1) is 19.8 Å². The summed E-state index contributed by atoms with van der Waals surface area (Å²) in [6, 6.07) is 12.1. The van der Waals surface area contributed by atoms with Gasteiger partial charge < -0.3 is 5.11 Å². The molecule has 2 aromatic rings. The van der Waals surface area contributed by atoms with Gasteiger partial charge in [0.1, 0.15) is 0 Å². The number of nitrogens with one attached hydrogen (secondary N) is 1. The number of anilines is 1. The number of hydrogen-bond acceptors (Lipinski definition) is 3. The number of carboxylic acid groups (broad SMARTS) is 1. The quantitative estimate of drug-likeness (QED) is 0.871. The fourth-order valence-corrected chi connectivity index (χ4v) is 4.23. The van der Waals surface area contributed by atoms with Crippen molar-refractivity contribution in [3.63, 3.8) is 0 Å². The summed E-state index contributed by atoms with van der Waals surface area (Å²) in [6.07, 6.45) is 0.642. The SMILES string of the molecule is Cc1ccc(S(=O)(=O)Nc2ccc([C@@H]3C[C@H]3C(=O)O)cc2)c(C)c1. The van der Waals surface area contributed by atoms with Gasteiger partial charge in [-0.2, -0.15) is 0 Å². The highest BCUT2D eigenvalue weighted by Gasteiger charge is 2.44. The predicted molar refractivity (Wildman–Crippen MR) is 91.7 cm³/mol. The monoisotopic (exact) mass is 345 g/mol. The van der Waals surface area contributed by atoms with Gasteiger partial charge >= 0.3 is 5.97 Å². The summed E-state index contributed by atoms with van der Waals surface area (Å²) in [5.74, 6) is -1.06. The first kappa shape index (κ1) is 16.5. The number of hydrogen-bond donors (Lipinski definition) is 2. The Morgan fingerprint density at radius 3 is 2.33 bits per heavy atom. The van der Waals surface area contributed by atoms with Gasteiger partial charge in [0.15, 0.2) is 0 Å². The zero-order valence-electron chi connectivity index (χ0n) is 13.5. The largest absolute Gasteiger partial charge is 0.481 e. The number of sulfonamides is 1. The van der Waals surface area contributed by atoms with Crippen LogP contribution in [-0.2, 0) is 14.8 Å². The zero-order chi connectivity index (χ0) is 17.5. The van der Waals surface area contributed by atoms with Crippen LogP contribution in [0.25, 0.3) is 0 Å². The summed E-state index contributed by atoms with van der Waals surface area (Å²) >= 11 is 0. The molecule has 2 aromatic carbocycles. The molecular weight excluding hydrogens is 326 g/mol. The highest BCUT2D eigenvalue weighted by atomic mass is 32.2. The van der Waals surface area contributed by atoms with E-state index in [0.29, 0.717) is 17.7 Å². The third kappa shape index (κ3) is 3.28. The molecule has 0 aromatic heterocycles. The van der Waals surface area contributed by atoms with Crippen molar-refractivity contribution in [3.8, 4) is 0 Å². The second-order valence-electron chi connectivity index (χ2n) is 6.28. The van der Waals surface area contributed by atoms with Gasteiger partial charge in [-0.3, -0.25) is 9.52 Å². The van der Waals surface area contributed by atoms with E-state index in [0.717, 1.165) is 11.1 Å². The van der Waals surface area contributed by atoms with E-state index in [-0.39, 0.29) is 16.7 Å². The molecule has 0 aliphatic heterocycles. The number of carboxylic acids is 1. The molecule has 2 atom stereocenters. The first-order valence-electron chi connectivity index (χ1n) is 7.71. The van der Waals surface area contributed by atoms with Gasteiger partial charge in [-0.1, -0.05) is 29.8 Å². The molecule has 3 rings (SSSR count). The van der Waals surface area contributed by atoms with Gasteiger partial charge in [0.25, 0.3) is 10.0 Å². The van der Waals surface area contributed by atoms with E-state index in [2.05, 4.69) is 4.72 Å². The van der Waals surface area contributed by atoms with Crippen molar-refractivity contribution in [2.24, 2.45) is 5.92 Å². The highest BCUT2D eigenvalue weighted by molar-refractivity contribution is 7.92. The lowest BCUT2D eigenvalue weighted by molar-refractivity contribution is -0.138. The lowest BCUT2D eigenvalue weighted by atomic mass is 10.1. The van der Waals surface area contributed by atoms with Crippen molar-refractivity contribution < 1.29 is 18.3 Å². The molecule has 0 heterocycles. The van der Waals surface area contributed by atoms with Crippen molar-refractivity contribution in [3.05, 3.63) is 59.2 Å². The number of benzene rings is 2. The van der Waals surface area contributed by atoms with Crippen molar-refractivity contribution in [2.75, 3.05) is 4.72 Å². The van der Waals surface area contributed by atoms with Gasteiger partial charge in [0, 0.05) is 5.69 Å². The Hall–Kier alpha value is -2.34. The van der Waals surface area contributed by atoms with Crippen LogP contribution in [0.3, 0.4) is 0 Å². The molecule has 1 saturated carbocycles. The summed E-state index contributed by atoms with van der Waals surface area (Å²) in [4.78, 5) is 11.2. The molecule has 0 spiro atoms. The molecule has 0 unspecified atom stereocenters. The maximum Gasteiger partial charge on any atom is 0.307 e. The molecule has 0 amide bonds. The normalized spacial score (nSPS) is 19.8. The Balaban J connectivity index is 1.77. The molecule has 2 N–H and O–H groups in total. The van der Waals surface area contributed by atoms with Gasteiger partial charge in [-0.15, -0.1) is 0 Å². The summed E-state index contributed by atoms with van der Waals surface area (Å²) in [6.45, 7) is 3.68. The van der Waals surface area contributed by atoms with E-state index in [4.69, 9.17) is 5.11 Å². The summed E-state index contributed by atoms with van der Waals surface area (Å²) in [5, 5.41) is 8.97. The molecule has 1 aliphatic rings. The van der Waals surface area contributed by atoms with Crippen molar-refractivity contribution in [2.45, 2.75) is 31.1 Å². The molecule has 0 radical (unpaired) electrons. The molecule has 0 saturated heterocycles. The molecule has 1 aliphatic carbocycles. The molecule has 1 fully saturated rings. The molecule has 5 nitrogen and oxygen atoms in total. The maximum atomic E-state index is 12.5. The zero-order valence-corrected chi connectivity index (χ0v) is 14.3. The van der Waals surface area contributed by atoms with E-state index in [1.54, 1.807) is 43.3 Å². The van der Waals surface area contributed by atoms with Crippen LogP contribution in [0.1, 0.15) is 29.0 Å². The highest BCUT2D eigenvalue weighted by Crippen LogP contribution is 2.47. The smallest absolute Gasteiger partial charge is 0.307 e. The molecule has 126 valence electrons. The van der Waals surface area contributed by atoms with Crippen LogP contribution < -0.4 is 4.72 Å². The minimum absolute atomic E-state index is 0.0347. The Morgan fingerprint density at radius 1 is 1.12 bits per heavy atom. The predicted octanol–water partition coefficient (Wildman–Crippen LogP) is 3.29. The molecular formula is C18H19NO4S. The van der Waals surface area contributed by atoms with Crippen molar-refractivity contribution in [1.82, 2.24) is 0 Å². The number of aliphatic carboxylic acids is 1. The lowest BCUT2D eigenvalue weighted by Crippen LogP contribution is -2.14. The molecule has 0 bridgehead atoms. The van der Waals surface area contributed by atoms with E-state index in [1.165, 1.54) is 0 Å². The van der Waals surface area contributed by atoms with Crippen LogP contribution in [0.2, 0.25) is 0 Å². The molecule has 24 heavy (non-hydrogen) atoms. The maximum absolute atomic E-state index is 12.5. The standard InChI is InChI=1S/C18H19NO4S/c1-11-3-8-17(12(2)9-11)24(22,23)19-14-6-4-13(5-7-14)15-10-16(15)18(20)21/h3-9,15-16,19H,10H2,1-2H3,(H,20,21)/t15-,16+/m0/s1. The number of carbonyl (C=O) groups is 1. The third-order valence-corrected chi connectivity index (χ3v) is 5.86. The average Bonchev–Trinajstić information content (AvgIpc) is 3.27. The van der Waals surface area contributed by atoms with Crippen LogP contribution in [-0.4, -0.2) is 19.5 Å². The van der Waals surface area contributed by atoms with Crippen LogP contribution in [0.4, 0.5) is 5.69 Å². The minimum atomic E-state index is -3.65. The Labute approximate surface area is 141 Å². The Bertz CT molecular complexity index is 888. The second kappa shape index (κ2) is 5.94. The fraction of sp³-hybridized carbons (Fsp3) is 0.278. The number of rotatable bonds is 5. The second-order valence-corrected chi connectivity index (χ2v) is 7.93. The van der Waals surface area contributed by atoms with Crippen LogP contribution in [0.5, 0.6) is 0 Å². The third-order valence-electron chi connectivity index (χ3n) is 4.32. The Morgan fingerprint density at radius 2 is 1.79 bits per heavy atom. The van der Waals surface area contributed by atoms with Gasteiger partial charge in [0.2, 0.25) is 0 Å². The van der Waals surface area contributed by atoms with Crippen LogP contribution >= 0.6 is 0 Å². The first-order chi connectivity index (χ1) is 11.3. The Kier molecular flexibility index (Phi) is 4.09. The van der Waals surface area contributed by atoms with E-state index in [9.17, 15) is 13.2 Å². The average molecular weight is 345 g/mol. The summed E-state index contributed by atoms with van der Waals surface area (Å²) in [7, 11) is -3.65.